The highest BCUT2D eigenvalue weighted by atomic mass is 16.5. The Balaban J connectivity index is 2.32. The topological polar surface area (TPSA) is 29.5 Å². The first-order valence-electron chi connectivity index (χ1n) is 8.64. The molecular formula is C22H25NO2. The van der Waals surface area contributed by atoms with E-state index < -0.39 is 5.60 Å². The summed E-state index contributed by atoms with van der Waals surface area (Å²) in [5, 5.41) is 0. The Morgan fingerprint density at radius 3 is 2.00 bits per heavy atom. The van der Waals surface area contributed by atoms with Crippen LogP contribution in [0.25, 0.3) is 11.1 Å². The third-order valence-corrected chi connectivity index (χ3v) is 5.06. The molecule has 1 heterocycles. The summed E-state index contributed by atoms with van der Waals surface area (Å²) in [6.07, 6.45) is 0.786. The van der Waals surface area contributed by atoms with Crippen molar-refractivity contribution in [2.24, 2.45) is 5.92 Å². The van der Waals surface area contributed by atoms with E-state index in [0.29, 0.717) is 0 Å². The van der Waals surface area contributed by atoms with Gasteiger partial charge in [-0.2, -0.15) is 0 Å². The second-order valence-corrected chi connectivity index (χ2v) is 6.99. The van der Waals surface area contributed by atoms with Crippen LogP contribution in [0.15, 0.2) is 60.7 Å². The van der Waals surface area contributed by atoms with Gasteiger partial charge < -0.3 is 9.53 Å². The lowest BCUT2D eigenvalue weighted by molar-refractivity contribution is -0.124. The average Bonchev–Trinajstić information content (AvgIpc) is 2.97. The number of hydrogen-bond acceptors (Lipinski definition) is 3. The summed E-state index contributed by atoms with van der Waals surface area (Å²) >= 11 is 0. The van der Waals surface area contributed by atoms with Crippen molar-refractivity contribution in [3.63, 3.8) is 0 Å². The molecular weight excluding hydrogens is 310 g/mol. The number of rotatable bonds is 5. The fourth-order valence-electron chi connectivity index (χ4n) is 3.52. The Labute approximate surface area is 149 Å². The second kappa shape index (κ2) is 6.95. The van der Waals surface area contributed by atoms with Gasteiger partial charge in [0.25, 0.3) is 0 Å². The van der Waals surface area contributed by atoms with Gasteiger partial charge in [-0.05, 0) is 37.7 Å². The maximum absolute atomic E-state index is 11.7. The number of ether oxygens (including phenoxy) is 1. The average molecular weight is 335 g/mol. The molecule has 0 spiro atoms. The normalized spacial score (nSPS) is 24.6. The van der Waals surface area contributed by atoms with Crippen molar-refractivity contribution in [1.82, 2.24) is 4.90 Å². The van der Waals surface area contributed by atoms with Crippen LogP contribution >= 0.6 is 0 Å². The monoisotopic (exact) mass is 335 g/mol. The van der Waals surface area contributed by atoms with Gasteiger partial charge in [-0.1, -0.05) is 67.6 Å². The van der Waals surface area contributed by atoms with E-state index in [4.69, 9.17) is 4.74 Å². The Bertz CT molecular complexity index is 767. The number of nitrogens with zero attached hydrogens (tertiary/aromatic N) is 1. The van der Waals surface area contributed by atoms with E-state index in [2.05, 4.69) is 29.2 Å². The standard InChI is InChI=1S/C22H25NO2/c1-16(15-24)22(2)20(18-13-9-6-10-14-18)19(21(25-22)23(3)4)17-11-7-5-8-12-17/h5-16,21H,1-4H3. The Morgan fingerprint density at radius 2 is 1.52 bits per heavy atom. The van der Waals surface area contributed by atoms with Crippen LogP contribution in [0.1, 0.15) is 25.0 Å². The number of carbonyl (C=O) groups excluding carboxylic acids is 1. The van der Waals surface area contributed by atoms with E-state index in [0.717, 1.165) is 28.6 Å². The highest BCUT2D eigenvalue weighted by Crippen LogP contribution is 2.49. The molecule has 3 rings (SSSR count). The predicted octanol–water partition coefficient (Wildman–Crippen LogP) is 4.11. The third-order valence-electron chi connectivity index (χ3n) is 5.06. The molecule has 3 unspecified atom stereocenters. The van der Waals surface area contributed by atoms with Gasteiger partial charge in [-0.25, -0.2) is 0 Å². The summed E-state index contributed by atoms with van der Waals surface area (Å²) in [5.41, 5.74) is 3.78. The molecule has 2 aromatic rings. The van der Waals surface area contributed by atoms with Crippen LogP contribution in [0, 0.1) is 5.92 Å². The molecule has 0 bridgehead atoms. The summed E-state index contributed by atoms with van der Waals surface area (Å²) in [6, 6.07) is 20.6. The summed E-state index contributed by atoms with van der Waals surface area (Å²) in [5.74, 6) is -0.258. The first kappa shape index (κ1) is 17.6. The summed E-state index contributed by atoms with van der Waals surface area (Å²) in [6.45, 7) is 3.96. The fourth-order valence-corrected chi connectivity index (χ4v) is 3.52. The van der Waals surface area contributed by atoms with Crippen LogP contribution in [-0.2, 0) is 9.53 Å². The highest BCUT2D eigenvalue weighted by Gasteiger charge is 2.48. The van der Waals surface area contributed by atoms with Crippen molar-refractivity contribution in [1.29, 1.82) is 0 Å². The SMILES string of the molecule is CC(C=O)C1(C)OC(N(C)C)C(c2ccccc2)=C1c1ccccc1. The molecule has 0 aromatic heterocycles. The van der Waals surface area contributed by atoms with Gasteiger partial charge in [0.2, 0.25) is 0 Å². The molecule has 3 nitrogen and oxygen atoms in total. The van der Waals surface area contributed by atoms with Crippen LogP contribution in [0.3, 0.4) is 0 Å². The van der Waals surface area contributed by atoms with Gasteiger partial charge in [0, 0.05) is 11.5 Å². The molecule has 3 atom stereocenters. The van der Waals surface area contributed by atoms with Gasteiger partial charge in [-0.15, -0.1) is 0 Å². The minimum absolute atomic E-state index is 0.204. The predicted molar refractivity (Wildman–Crippen MR) is 102 cm³/mol. The van der Waals surface area contributed by atoms with Crippen molar-refractivity contribution >= 4 is 17.4 Å². The highest BCUT2D eigenvalue weighted by molar-refractivity contribution is 5.99. The Hall–Kier alpha value is -2.23. The zero-order chi connectivity index (χ0) is 18.0. The third kappa shape index (κ3) is 3.06. The largest absolute Gasteiger partial charge is 0.347 e. The van der Waals surface area contributed by atoms with E-state index in [-0.39, 0.29) is 12.1 Å². The van der Waals surface area contributed by atoms with Crippen LogP contribution in [0.2, 0.25) is 0 Å². The molecule has 3 heteroatoms. The molecule has 0 N–H and O–H groups in total. The lowest BCUT2D eigenvalue weighted by atomic mass is 9.79. The minimum atomic E-state index is -0.677. The second-order valence-electron chi connectivity index (χ2n) is 6.99. The summed E-state index contributed by atoms with van der Waals surface area (Å²) < 4.78 is 6.52. The number of likely N-dealkylation sites (N-methyl/N-ethyl adjacent to an activating group) is 1. The van der Waals surface area contributed by atoms with Gasteiger partial charge in [0.15, 0.2) is 0 Å². The van der Waals surface area contributed by atoms with Crippen LogP contribution in [0.5, 0.6) is 0 Å². The molecule has 0 saturated carbocycles. The number of benzene rings is 2. The smallest absolute Gasteiger partial charge is 0.138 e. The minimum Gasteiger partial charge on any atom is -0.347 e. The summed E-state index contributed by atoms with van der Waals surface area (Å²) in [7, 11) is 4.01. The van der Waals surface area contributed by atoms with E-state index >= 15 is 0 Å². The molecule has 0 saturated heterocycles. The van der Waals surface area contributed by atoms with E-state index in [1.807, 2.05) is 64.3 Å². The maximum Gasteiger partial charge on any atom is 0.138 e. The molecule has 1 aliphatic heterocycles. The van der Waals surface area contributed by atoms with Gasteiger partial charge in [0.05, 0.1) is 0 Å². The fraction of sp³-hybridized carbons (Fsp3) is 0.318. The molecule has 130 valence electrons. The van der Waals surface area contributed by atoms with Crippen molar-refractivity contribution in [3.05, 3.63) is 71.8 Å². The molecule has 1 aliphatic rings. The first-order chi connectivity index (χ1) is 12.0. The lowest BCUT2D eigenvalue weighted by Crippen LogP contribution is -2.40. The zero-order valence-corrected chi connectivity index (χ0v) is 15.3. The number of aldehydes is 1. The maximum atomic E-state index is 11.7. The van der Waals surface area contributed by atoms with Crippen LogP contribution in [-0.4, -0.2) is 37.1 Å². The quantitative estimate of drug-likeness (QED) is 0.770. The van der Waals surface area contributed by atoms with Gasteiger partial charge in [0.1, 0.15) is 18.1 Å². The summed E-state index contributed by atoms with van der Waals surface area (Å²) in [4.78, 5) is 13.7. The van der Waals surface area contributed by atoms with Crippen molar-refractivity contribution in [3.8, 4) is 0 Å². The van der Waals surface area contributed by atoms with Crippen molar-refractivity contribution < 1.29 is 9.53 Å². The zero-order valence-electron chi connectivity index (χ0n) is 15.3. The van der Waals surface area contributed by atoms with Crippen molar-refractivity contribution in [2.75, 3.05) is 14.1 Å². The van der Waals surface area contributed by atoms with E-state index in [1.54, 1.807) is 0 Å². The Kier molecular flexibility index (Phi) is 4.89. The first-order valence-corrected chi connectivity index (χ1v) is 8.64. The van der Waals surface area contributed by atoms with E-state index in [1.165, 1.54) is 0 Å². The number of carbonyl (C=O) groups is 1. The molecule has 25 heavy (non-hydrogen) atoms. The van der Waals surface area contributed by atoms with E-state index in [9.17, 15) is 4.79 Å². The number of hydrogen-bond donors (Lipinski definition) is 0. The molecule has 0 amide bonds. The van der Waals surface area contributed by atoms with Crippen LogP contribution in [0.4, 0.5) is 0 Å². The van der Waals surface area contributed by atoms with Gasteiger partial charge in [-0.3, -0.25) is 4.90 Å². The molecule has 2 aromatic carbocycles. The molecule has 0 aliphatic carbocycles. The Morgan fingerprint density at radius 1 is 1.00 bits per heavy atom. The molecule has 0 fully saturated rings. The lowest BCUT2D eigenvalue weighted by Gasteiger charge is -2.33. The van der Waals surface area contributed by atoms with Gasteiger partial charge >= 0.3 is 0 Å². The van der Waals surface area contributed by atoms with Crippen molar-refractivity contribution in [2.45, 2.75) is 25.7 Å². The van der Waals surface area contributed by atoms with Crippen LogP contribution < -0.4 is 0 Å². The molecule has 0 radical (unpaired) electrons.